The van der Waals surface area contributed by atoms with Crippen molar-refractivity contribution < 1.29 is 4.74 Å². The number of nitrogens with zero attached hydrogens (tertiary/aromatic N) is 8. The number of methoxy groups -OCH3 is 1. The summed E-state index contributed by atoms with van der Waals surface area (Å²) in [4.78, 5) is 27.0. The van der Waals surface area contributed by atoms with E-state index in [-0.39, 0.29) is 0 Å². The molecular formula is C18H22N8O. The van der Waals surface area contributed by atoms with Crippen LogP contribution in [0.5, 0.6) is 5.88 Å². The van der Waals surface area contributed by atoms with Gasteiger partial charge in [0.1, 0.15) is 6.33 Å². The molecule has 3 aromatic heterocycles. The molecule has 0 bridgehead atoms. The Hall–Kier alpha value is -2.97. The van der Waals surface area contributed by atoms with Crippen LogP contribution in [-0.4, -0.2) is 62.8 Å². The maximum Gasteiger partial charge on any atom is 0.228 e. The Labute approximate surface area is 157 Å². The zero-order valence-electron chi connectivity index (χ0n) is 15.5. The van der Waals surface area contributed by atoms with Crippen LogP contribution in [0.1, 0.15) is 6.92 Å². The molecule has 2 aliphatic rings. The van der Waals surface area contributed by atoms with Crippen molar-refractivity contribution in [2.75, 3.05) is 43.1 Å². The van der Waals surface area contributed by atoms with E-state index in [4.69, 9.17) is 4.74 Å². The van der Waals surface area contributed by atoms with Crippen LogP contribution in [0, 0.1) is 11.8 Å². The van der Waals surface area contributed by atoms with Crippen molar-refractivity contribution in [3.8, 4) is 5.88 Å². The Morgan fingerprint density at radius 3 is 2.56 bits per heavy atom. The third-order valence-corrected chi connectivity index (χ3v) is 5.62. The van der Waals surface area contributed by atoms with E-state index in [9.17, 15) is 0 Å². The SMILES string of the molecule is CCn1cnc2c(N3CC4CN(c5nccc(OC)n5)CC4C3)ncnc21. The third-order valence-electron chi connectivity index (χ3n) is 5.62. The Balaban J connectivity index is 1.35. The van der Waals surface area contributed by atoms with Gasteiger partial charge in [-0.2, -0.15) is 4.98 Å². The lowest BCUT2D eigenvalue weighted by atomic mass is 10.0. The Morgan fingerprint density at radius 1 is 1.04 bits per heavy atom. The van der Waals surface area contributed by atoms with Crippen molar-refractivity contribution in [1.82, 2.24) is 29.5 Å². The summed E-state index contributed by atoms with van der Waals surface area (Å²) in [5.74, 6) is 3.44. The average Bonchev–Trinajstić information content (AvgIpc) is 3.40. The molecule has 140 valence electrons. The number of hydrogen-bond donors (Lipinski definition) is 0. The maximum atomic E-state index is 5.23. The molecule has 5 rings (SSSR count). The molecule has 27 heavy (non-hydrogen) atoms. The largest absolute Gasteiger partial charge is 0.481 e. The fraction of sp³-hybridized carbons (Fsp3) is 0.500. The van der Waals surface area contributed by atoms with E-state index in [1.54, 1.807) is 25.7 Å². The number of aromatic nitrogens is 6. The van der Waals surface area contributed by atoms with E-state index >= 15 is 0 Å². The number of fused-ring (bicyclic) bond motifs is 2. The van der Waals surface area contributed by atoms with E-state index in [1.807, 2.05) is 6.33 Å². The smallest absolute Gasteiger partial charge is 0.228 e. The number of rotatable bonds is 4. The van der Waals surface area contributed by atoms with Crippen LogP contribution in [0.3, 0.4) is 0 Å². The molecule has 3 aromatic rings. The quantitative estimate of drug-likeness (QED) is 0.681. The van der Waals surface area contributed by atoms with Gasteiger partial charge in [0.15, 0.2) is 17.0 Å². The van der Waals surface area contributed by atoms with Gasteiger partial charge in [-0.1, -0.05) is 0 Å². The highest BCUT2D eigenvalue weighted by Gasteiger charge is 2.42. The topological polar surface area (TPSA) is 85.1 Å². The van der Waals surface area contributed by atoms with Gasteiger partial charge in [0.2, 0.25) is 11.8 Å². The first-order chi connectivity index (χ1) is 13.3. The molecule has 9 heteroatoms. The molecule has 9 nitrogen and oxygen atoms in total. The summed E-state index contributed by atoms with van der Waals surface area (Å²) in [5.41, 5.74) is 1.80. The maximum absolute atomic E-state index is 5.23. The lowest BCUT2D eigenvalue weighted by molar-refractivity contribution is 0.397. The molecule has 0 aliphatic carbocycles. The summed E-state index contributed by atoms with van der Waals surface area (Å²) in [7, 11) is 1.63. The first-order valence-corrected chi connectivity index (χ1v) is 9.29. The highest BCUT2D eigenvalue weighted by Crippen LogP contribution is 2.36. The fourth-order valence-corrected chi connectivity index (χ4v) is 4.26. The summed E-state index contributed by atoms with van der Waals surface area (Å²) in [6, 6.07) is 1.78. The van der Waals surface area contributed by atoms with Crippen LogP contribution in [0.15, 0.2) is 24.9 Å². The summed E-state index contributed by atoms with van der Waals surface area (Å²) in [6.07, 6.45) is 5.25. The van der Waals surface area contributed by atoms with Gasteiger partial charge in [-0.3, -0.25) is 0 Å². The zero-order chi connectivity index (χ0) is 18.4. The first-order valence-electron chi connectivity index (χ1n) is 9.29. The minimum absolute atomic E-state index is 0.568. The molecule has 2 fully saturated rings. The van der Waals surface area contributed by atoms with Crippen molar-refractivity contribution in [3.05, 3.63) is 24.9 Å². The van der Waals surface area contributed by atoms with Crippen LogP contribution < -0.4 is 14.5 Å². The number of hydrogen-bond acceptors (Lipinski definition) is 8. The van der Waals surface area contributed by atoms with Gasteiger partial charge < -0.3 is 19.1 Å². The molecule has 2 aliphatic heterocycles. The highest BCUT2D eigenvalue weighted by molar-refractivity contribution is 5.83. The lowest BCUT2D eigenvalue weighted by Gasteiger charge is -2.22. The highest BCUT2D eigenvalue weighted by atomic mass is 16.5. The Morgan fingerprint density at radius 2 is 1.81 bits per heavy atom. The molecule has 2 unspecified atom stereocenters. The van der Waals surface area contributed by atoms with Gasteiger partial charge in [-0.15, -0.1) is 0 Å². The zero-order valence-corrected chi connectivity index (χ0v) is 15.5. The predicted molar refractivity (Wildman–Crippen MR) is 101 cm³/mol. The lowest BCUT2D eigenvalue weighted by Crippen LogP contribution is -2.30. The van der Waals surface area contributed by atoms with E-state index in [0.29, 0.717) is 17.7 Å². The molecule has 0 amide bonds. The summed E-state index contributed by atoms with van der Waals surface area (Å²) in [5, 5.41) is 0. The van der Waals surface area contributed by atoms with Gasteiger partial charge >= 0.3 is 0 Å². The molecule has 0 spiro atoms. The number of aryl methyl sites for hydroxylation is 1. The van der Waals surface area contributed by atoms with Crippen LogP contribution in [0.4, 0.5) is 11.8 Å². The minimum Gasteiger partial charge on any atom is -0.481 e. The predicted octanol–water partition coefficient (Wildman–Crippen LogP) is 1.22. The van der Waals surface area contributed by atoms with Crippen LogP contribution in [0.25, 0.3) is 11.2 Å². The second-order valence-electron chi connectivity index (χ2n) is 7.13. The van der Waals surface area contributed by atoms with Crippen molar-refractivity contribution in [3.63, 3.8) is 0 Å². The van der Waals surface area contributed by atoms with E-state index in [1.165, 1.54) is 0 Å². The van der Waals surface area contributed by atoms with Gasteiger partial charge in [0.05, 0.1) is 13.4 Å². The van der Waals surface area contributed by atoms with E-state index < -0.39 is 0 Å². The van der Waals surface area contributed by atoms with Gasteiger partial charge in [0.25, 0.3) is 0 Å². The average molecular weight is 366 g/mol. The standard InChI is InChI=1S/C18H22N8O/c1-3-24-11-22-15-16(24)20-10-21-17(15)25-6-12-8-26(9-13(12)7-25)18-19-5-4-14(23-18)27-2/h4-5,10-13H,3,6-9H2,1-2H3. The van der Waals surface area contributed by atoms with Gasteiger partial charge in [-0.25, -0.2) is 19.9 Å². The Kier molecular flexibility index (Phi) is 3.80. The summed E-state index contributed by atoms with van der Waals surface area (Å²) >= 11 is 0. The summed E-state index contributed by atoms with van der Waals surface area (Å²) in [6.45, 7) is 6.79. The summed E-state index contributed by atoms with van der Waals surface area (Å²) < 4.78 is 7.28. The molecule has 5 heterocycles. The van der Waals surface area contributed by atoms with Gasteiger partial charge in [0, 0.05) is 56.8 Å². The molecule has 2 saturated heterocycles. The fourth-order valence-electron chi connectivity index (χ4n) is 4.26. The molecular weight excluding hydrogens is 344 g/mol. The molecule has 0 saturated carbocycles. The normalized spacial score (nSPS) is 21.9. The van der Waals surface area contributed by atoms with Crippen molar-refractivity contribution in [1.29, 1.82) is 0 Å². The van der Waals surface area contributed by atoms with Crippen molar-refractivity contribution in [2.45, 2.75) is 13.5 Å². The number of anilines is 2. The second kappa shape index (κ2) is 6.33. The molecule has 0 radical (unpaired) electrons. The number of imidazole rings is 1. The Bertz CT molecular complexity index is 959. The van der Waals surface area contributed by atoms with Gasteiger partial charge in [-0.05, 0) is 6.92 Å². The minimum atomic E-state index is 0.568. The van der Waals surface area contributed by atoms with E-state index in [2.05, 4.69) is 46.2 Å². The first kappa shape index (κ1) is 16.2. The molecule has 0 aromatic carbocycles. The molecule has 2 atom stereocenters. The van der Waals surface area contributed by atoms with E-state index in [0.717, 1.165) is 55.7 Å². The third kappa shape index (κ3) is 2.65. The van der Waals surface area contributed by atoms with Crippen LogP contribution in [-0.2, 0) is 6.54 Å². The van der Waals surface area contributed by atoms with Crippen LogP contribution in [0.2, 0.25) is 0 Å². The van der Waals surface area contributed by atoms with Crippen molar-refractivity contribution >= 4 is 22.9 Å². The number of ether oxygens (including phenoxy) is 1. The monoisotopic (exact) mass is 366 g/mol. The molecule has 0 N–H and O–H groups in total. The van der Waals surface area contributed by atoms with Crippen LogP contribution >= 0.6 is 0 Å². The van der Waals surface area contributed by atoms with Crippen molar-refractivity contribution in [2.24, 2.45) is 11.8 Å². The second-order valence-corrected chi connectivity index (χ2v) is 7.13.